The standard InChI is InChI=1S/C27H30N2O2.ClH/c1-29(2,26-16-18-31-19-17-26)20-21-8-14-25(15-9-21)28-27(30)24-12-10-23(11-13-24)22-6-4-3-5-7-22;/h3-15,26H,16-20H2,1-2H3;1H. The number of quaternary nitrogens is 1. The molecule has 32 heavy (non-hydrogen) atoms. The van der Waals surface area contributed by atoms with E-state index in [1.54, 1.807) is 0 Å². The van der Waals surface area contributed by atoms with Crippen molar-refractivity contribution >= 4 is 11.6 Å². The van der Waals surface area contributed by atoms with E-state index in [4.69, 9.17) is 4.74 Å². The zero-order valence-electron chi connectivity index (χ0n) is 18.8. The first-order chi connectivity index (χ1) is 15.0. The Balaban J connectivity index is 0.00000289. The van der Waals surface area contributed by atoms with E-state index in [-0.39, 0.29) is 18.3 Å². The van der Waals surface area contributed by atoms with Gasteiger partial charge in [-0.1, -0.05) is 54.6 Å². The zero-order valence-corrected chi connectivity index (χ0v) is 19.5. The Morgan fingerprint density at radius 2 is 1.47 bits per heavy atom. The molecule has 168 valence electrons. The van der Waals surface area contributed by atoms with Crippen LogP contribution in [0.5, 0.6) is 0 Å². The molecule has 4 rings (SSSR count). The molecule has 0 aliphatic carbocycles. The Bertz CT molecular complexity index is 996. The third-order valence-corrected chi connectivity index (χ3v) is 6.24. The molecule has 0 aromatic heterocycles. The number of rotatable bonds is 6. The minimum Gasteiger partial charge on any atom is -1.00 e. The van der Waals surface area contributed by atoms with E-state index in [2.05, 4.69) is 43.7 Å². The summed E-state index contributed by atoms with van der Waals surface area (Å²) in [7, 11) is 4.59. The van der Waals surface area contributed by atoms with Crippen molar-refractivity contribution < 1.29 is 26.4 Å². The molecule has 0 atom stereocenters. The number of amides is 1. The van der Waals surface area contributed by atoms with Crippen LogP contribution in [0.1, 0.15) is 28.8 Å². The smallest absolute Gasteiger partial charge is 0.255 e. The fourth-order valence-electron chi connectivity index (χ4n) is 4.33. The van der Waals surface area contributed by atoms with E-state index < -0.39 is 0 Å². The van der Waals surface area contributed by atoms with Crippen LogP contribution in [-0.2, 0) is 11.3 Å². The van der Waals surface area contributed by atoms with Crippen molar-refractivity contribution in [2.45, 2.75) is 25.4 Å². The lowest BCUT2D eigenvalue weighted by atomic mass is 10.0. The molecule has 0 spiro atoms. The molecule has 1 fully saturated rings. The summed E-state index contributed by atoms with van der Waals surface area (Å²) in [6.45, 7) is 2.70. The van der Waals surface area contributed by atoms with Gasteiger partial charge in [-0.2, -0.15) is 0 Å². The van der Waals surface area contributed by atoms with Crippen molar-refractivity contribution in [3.05, 3.63) is 90.0 Å². The number of hydrogen-bond acceptors (Lipinski definition) is 2. The first-order valence-electron chi connectivity index (χ1n) is 11.0. The number of halogens is 1. The summed E-state index contributed by atoms with van der Waals surface area (Å²) in [5, 5.41) is 3.01. The monoisotopic (exact) mass is 450 g/mol. The van der Waals surface area contributed by atoms with E-state index in [9.17, 15) is 4.79 Å². The molecule has 1 aliphatic rings. The topological polar surface area (TPSA) is 38.3 Å². The number of hydrogen-bond donors (Lipinski definition) is 1. The lowest BCUT2D eigenvalue weighted by molar-refractivity contribution is -0.929. The highest BCUT2D eigenvalue weighted by molar-refractivity contribution is 6.04. The lowest BCUT2D eigenvalue weighted by Gasteiger charge is -2.40. The first kappa shape index (κ1) is 24.0. The van der Waals surface area contributed by atoms with Gasteiger partial charge >= 0.3 is 0 Å². The Morgan fingerprint density at radius 3 is 2.09 bits per heavy atom. The molecule has 3 aromatic carbocycles. The highest BCUT2D eigenvalue weighted by atomic mass is 35.5. The van der Waals surface area contributed by atoms with Gasteiger partial charge in [0.1, 0.15) is 6.54 Å². The van der Waals surface area contributed by atoms with Gasteiger partial charge in [-0.05, 0) is 35.4 Å². The average molecular weight is 451 g/mol. The van der Waals surface area contributed by atoms with E-state index in [1.165, 1.54) is 5.56 Å². The minimum atomic E-state index is -0.0920. The summed E-state index contributed by atoms with van der Waals surface area (Å²) in [5.41, 5.74) is 5.00. The number of ether oxygens (including phenoxy) is 1. The van der Waals surface area contributed by atoms with Gasteiger partial charge in [-0.15, -0.1) is 0 Å². The number of nitrogens with one attached hydrogen (secondary N) is 1. The van der Waals surface area contributed by atoms with Gasteiger partial charge in [-0.25, -0.2) is 0 Å². The molecule has 1 heterocycles. The second-order valence-corrected chi connectivity index (χ2v) is 8.87. The molecule has 5 heteroatoms. The molecule has 1 aliphatic heterocycles. The van der Waals surface area contributed by atoms with E-state index in [0.717, 1.165) is 53.9 Å². The molecule has 1 saturated heterocycles. The Morgan fingerprint density at radius 1 is 0.875 bits per heavy atom. The molecular formula is C27H31ClN2O2. The summed E-state index contributed by atoms with van der Waals surface area (Å²) in [6.07, 6.45) is 2.23. The first-order valence-corrected chi connectivity index (χ1v) is 11.0. The fraction of sp³-hybridized carbons (Fsp3) is 0.296. The van der Waals surface area contributed by atoms with Crippen LogP contribution >= 0.6 is 0 Å². The van der Waals surface area contributed by atoms with Gasteiger partial charge in [0.15, 0.2) is 0 Å². The van der Waals surface area contributed by atoms with Crippen molar-refractivity contribution in [1.82, 2.24) is 0 Å². The third-order valence-electron chi connectivity index (χ3n) is 6.24. The summed E-state index contributed by atoms with van der Waals surface area (Å²) in [5.74, 6) is -0.0920. The maximum absolute atomic E-state index is 12.7. The lowest BCUT2D eigenvalue weighted by Crippen LogP contribution is -3.00. The summed E-state index contributed by atoms with van der Waals surface area (Å²) >= 11 is 0. The van der Waals surface area contributed by atoms with Crippen molar-refractivity contribution in [3.63, 3.8) is 0 Å². The predicted octanol–water partition coefficient (Wildman–Crippen LogP) is 2.37. The maximum Gasteiger partial charge on any atom is 0.255 e. The molecule has 0 radical (unpaired) electrons. The zero-order chi connectivity index (χ0) is 21.7. The van der Waals surface area contributed by atoms with Crippen molar-refractivity contribution in [2.75, 3.05) is 32.6 Å². The van der Waals surface area contributed by atoms with Gasteiger partial charge in [-0.3, -0.25) is 4.79 Å². The van der Waals surface area contributed by atoms with Crippen LogP contribution in [0, 0.1) is 0 Å². The predicted molar refractivity (Wildman–Crippen MR) is 126 cm³/mol. The minimum absolute atomic E-state index is 0. The molecule has 0 unspecified atom stereocenters. The van der Waals surface area contributed by atoms with Crippen LogP contribution in [-0.4, -0.2) is 43.7 Å². The SMILES string of the molecule is C[N+](C)(Cc1ccc(NC(=O)c2ccc(-c3ccccc3)cc2)cc1)C1CCOCC1.[Cl-]. The quantitative estimate of drug-likeness (QED) is 0.585. The second kappa shape index (κ2) is 10.8. The van der Waals surface area contributed by atoms with Crippen LogP contribution in [0.3, 0.4) is 0 Å². The molecule has 1 amide bonds. The van der Waals surface area contributed by atoms with Crippen molar-refractivity contribution in [1.29, 1.82) is 0 Å². The Labute approximate surface area is 197 Å². The molecule has 0 saturated carbocycles. The summed E-state index contributed by atoms with van der Waals surface area (Å²) in [6, 6.07) is 26.8. The van der Waals surface area contributed by atoms with Crippen LogP contribution < -0.4 is 17.7 Å². The normalized spacial score (nSPS) is 14.4. The molecular weight excluding hydrogens is 420 g/mol. The van der Waals surface area contributed by atoms with Crippen LogP contribution in [0.4, 0.5) is 5.69 Å². The average Bonchev–Trinajstić information content (AvgIpc) is 2.81. The highest BCUT2D eigenvalue weighted by Gasteiger charge is 2.30. The molecule has 3 aromatic rings. The summed E-state index contributed by atoms with van der Waals surface area (Å²) < 4.78 is 6.47. The Kier molecular flexibility index (Phi) is 8.08. The van der Waals surface area contributed by atoms with Crippen LogP contribution in [0.15, 0.2) is 78.9 Å². The van der Waals surface area contributed by atoms with Gasteiger partial charge < -0.3 is 26.9 Å². The Hall–Kier alpha value is -2.66. The van der Waals surface area contributed by atoms with Crippen molar-refractivity contribution in [3.8, 4) is 11.1 Å². The van der Waals surface area contributed by atoms with Gasteiger partial charge in [0, 0.05) is 29.7 Å². The van der Waals surface area contributed by atoms with Crippen LogP contribution in [0.25, 0.3) is 11.1 Å². The largest absolute Gasteiger partial charge is 1.00 e. The van der Waals surface area contributed by atoms with E-state index in [0.29, 0.717) is 11.6 Å². The van der Waals surface area contributed by atoms with E-state index in [1.807, 2.05) is 54.6 Å². The molecule has 4 nitrogen and oxygen atoms in total. The maximum atomic E-state index is 12.7. The van der Waals surface area contributed by atoms with Crippen LogP contribution in [0.2, 0.25) is 0 Å². The van der Waals surface area contributed by atoms with Gasteiger partial charge in [0.2, 0.25) is 0 Å². The number of carbonyl (C=O) groups is 1. The molecule has 0 bridgehead atoms. The van der Waals surface area contributed by atoms with Gasteiger partial charge in [0.05, 0.1) is 33.4 Å². The van der Waals surface area contributed by atoms with Gasteiger partial charge in [0.25, 0.3) is 5.91 Å². The number of anilines is 1. The number of carbonyl (C=O) groups excluding carboxylic acids is 1. The van der Waals surface area contributed by atoms with Crippen molar-refractivity contribution in [2.24, 2.45) is 0 Å². The second-order valence-electron chi connectivity index (χ2n) is 8.87. The fourth-order valence-corrected chi connectivity index (χ4v) is 4.33. The van der Waals surface area contributed by atoms with E-state index >= 15 is 0 Å². The number of nitrogens with zero attached hydrogens (tertiary/aromatic N) is 1. The number of benzene rings is 3. The summed E-state index contributed by atoms with van der Waals surface area (Å²) in [4.78, 5) is 12.7. The highest BCUT2D eigenvalue weighted by Crippen LogP contribution is 2.23. The molecule has 1 N–H and O–H groups in total. The third kappa shape index (κ3) is 5.98.